The Bertz CT molecular complexity index is 355. The number of nitrogens with one attached hydrogen (secondary N) is 1. The van der Waals surface area contributed by atoms with E-state index >= 15 is 0 Å². The van der Waals surface area contributed by atoms with Crippen molar-refractivity contribution in [2.24, 2.45) is 0 Å². The Hall–Kier alpha value is -0.640. The molecule has 3 heteroatoms. The molecule has 0 bridgehead atoms. The fourth-order valence-electron chi connectivity index (χ4n) is 2.16. The Morgan fingerprint density at radius 3 is 3.00 bits per heavy atom. The van der Waals surface area contributed by atoms with Crippen LogP contribution in [0.4, 0.5) is 0 Å². The van der Waals surface area contributed by atoms with Gasteiger partial charge in [-0.1, -0.05) is 13.5 Å². The molecule has 0 aliphatic heterocycles. The van der Waals surface area contributed by atoms with Crippen molar-refractivity contribution in [2.45, 2.75) is 38.8 Å². The van der Waals surface area contributed by atoms with Gasteiger partial charge in [0.2, 0.25) is 0 Å². The van der Waals surface area contributed by atoms with E-state index < -0.39 is 0 Å². The summed E-state index contributed by atoms with van der Waals surface area (Å²) in [6, 6.07) is 3.03. The van der Waals surface area contributed by atoms with E-state index in [1.54, 1.807) is 11.3 Å². The smallest absolute Gasteiger partial charge is 0.0248 e. The van der Waals surface area contributed by atoms with Gasteiger partial charge in [-0.25, -0.2) is 0 Å². The Morgan fingerprint density at radius 2 is 2.39 bits per heavy atom. The third-order valence-electron chi connectivity index (χ3n) is 3.26. The molecule has 1 saturated carbocycles. The highest BCUT2D eigenvalue weighted by Crippen LogP contribution is 2.29. The molecule has 1 aromatic heterocycles. The van der Waals surface area contributed by atoms with Gasteiger partial charge in [0.15, 0.2) is 0 Å². The van der Waals surface area contributed by atoms with Crippen LogP contribution >= 0.6 is 11.3 Å². The van der Waals surface area contributed by atoms with Gasteiger partial charge in [0.05, 0.1) is 0 Å². The maximum Gasteiger partial charge on any atom is 0.0248 e. The minimum atomic E-state index is 0.799. The fraction of sp³-hybridized carbons (Fsp3) is 0.600. The lowest BCUT2D eigenvalue weighted by molar-refractivity contribution is 0.276. The Balaban J connectivity index is 1.77. The number of hydrogen-bond acceptors (Lipinski definition) is 3. The van der Waals surface area contributed by atoms with E-state index in [0.29, 0.717) is 0 Å². The maximum absolute atomic E-state index is 4.20. The normalized spacial score (nSPS) is 15.2. The van der Waals surface area contributed by atoms with Gasteiger partial charge in [-0.15, -0.1) is 0 Å². The van der Waals surface area contributed by atoms with Crippen molar-refractivity contribution in [3.05, 3.63) is 34.5 Å². The van der Waals surface area contributed by atoms with Crippen LogP contribution in [-0.2, 0) is 6.54 Å². The topological polar surface area (TPSA) is 15.3 Å². The molecule has 1 aliphatic rings. The van der Waals surface area contributed by atoms with Crippen molar-refractivity contribution >= 4 is 11.3 Å². The lowest BCUT2D eigenvalue weighted by atomic mass is 10.2. The number of hydrogen-bond donors (Lipinski definition) is 1. The Morgan fingerprint density at radius 1 is 1.56 bits per heavy atom. The summed E-state index contributed by atoms with van der Waals surface area (Å²) in [5, 5.41) is 7.86. The van der Waals surface area contributed by atoms with Gasteiger partial charge < -0.3 is 5.32 Å². The zero-order chi connectivity index (χ0) is 12.8. The molecule has 100 valence electrons. The highest BCUT2D eigenvalue weighted by atomic mass is 32.1. The molecule has 2 nitrogen and oxygen atoms in total. The van der Waals surface area contributed by atoms with E-state index in [0.717, 1.165) is 32.2 Å². The van der Waals surface area contributed by atoms with E-state index in [1.165, 1.54) is 30.4 Å². The van der Waals surface area contributed by atoms with Crippen molar-refractivity contribution < 1.29 is 0 Å². The van der Waals surface area contributed by atoms with Crippen LogP contribution in [0.25, 0.3) is 0 Å². The van der Waals surface area contributed by atoms with Crippen LogP contribution in [0.3, 0.4) is 0 Å². The first-order chi connectivity index (χ1) is 8.79. The molecule has 0 saturated heterocycles. The summed E-state index contributed by atoms with van der Waals surface area (Å²) in [6.07, 6.45) is 3.91. The third kappa shape index (κ3) is 4.56. The van der Waals surface area contributed by atoms with Gasteiger partial charge in [0, 0.05) is 25.7 Å². The van der Waals surface area contributed by atoms with Crippen LogP contribution in [0.1, 0.15) is 31.7 Å². The summed E-state index contributed by atoms with van der Waals surface area (Å²) < 4.78 is 0. The standard InChI is InChI=1S/C15H24N2S/c1-3-7-16-9-13(2)10-17(15-4-5-15)11-14-6-8-18-12-14/h6,8,12,15-16H,2-5,7,9-11H2,1H3. The van der Waals surface area contributed by atoms with Crippen molar-refractivity contribution in [2.75, 3.05) is 19.6 Å². The molecular weight excluding hydrogens is 240 g/mol. The summed E-state index contributed by atoms with van der Waals surface area (Å²) in [6.45, 7) is 10.6. The Kier molecular flexibility index (Phi) is 5.42. The molecular formula is C15H24N2S. The fourth-order valence-corrected chi connectivity index (χ4v) is 2.82. The molecule has 0 amide bonds. The second kappa shape index (κ2) is 7.07. The molecule has 1 aromatic rings. The largest absolute Gasteiger partial charge is 0.313 e. The lowest BCUT2D eigenvalue weighted by Gasteiger charge is -2.23. The predicted molar refractivity (Wildman–Crippen MR) is 80.1 cm³/mol. The minimum Gasteiger partial charge on any atom is -0.313 e. The predicted octanol–water partition coefficient (Wildman–Crippen LogP) is 3.27. The number of thiophene rings is 1. The second-order valence-corrected chi connectivity index (χ2v) is 5.97. The first-order valence-corrected chi connectivity index (χ1v) is 7.86. The second-order valence-electron chi connectivity index (χ2n) is 5.19. The van der Waals surface area contributed by atoms with E-state index in [-0.39, 0.29) is 0 Å². The first-order valence-electron chi connectivity index (χ1n) is 6.92. The van der Waals surface area contributed by atoms with Gasteiger partial charge in [0.1, 0.15) is 0 Å². The van der Waals surface area contributed by atoms with Crippen molar-refractivity contribution in [1.29, 1.82) is 0 Å². The summed E-state index contributed by atoms with van der Waals surface area (Å²) in [5.74, 6) is 0. The van der Waals surface area contributed by atoms with Crippen LogP contribution in [0.15, 0.2) is 29.0 Å². The van der Waals surface area contributed by atoms with E-state index in [9.17, 15) is 0 Å². The monoisotopic (exact) mass is 264 g/mol. The highest BCUT2D eigenvalue weighted by molar-refractivity contribution is 7.07. The van der Waals surface area contributed by atoms with E-state index in [2.05, 4.69) is 40.5 Å². The quantitative estimate of drug-likeness (QED) is 0.544. The molecule has 0 radical (unpaired) electrons. The van der Waals surface area contributed by atoms with Gasteiger partial charge in [-0.2, -0.15) is 11.3 Å². The van der Waals surface area contributed by atoms with Crippen LogP contribution in [0.2, 0.25) is 0 Å². The molecule has 18 heavy (non-hydrogen) atoms. The van der Waals surface area contributed by atoms with Crippen molar-refractivity contribution in [3.63, 3.8) is 0 Å². The summed E-state index contributed by atoms with van der Waals surface area (Å²) in [7, 11) is 0. The highest BCUT2D eigenvalue weighted by Gasteiger charge is 2.29. The summed E-state index contributed by atoms with van der Waals surface area (Å²) in [4.78, 5) is 2.58. The molecule has 1 aliphatic carbocycles. The van der Waals surface area contributed by atoms with E-state index in [1.807, 2.05) is 0 Å². The van der Waals surface area contributed by atoms with Gasteiger partial charge in [-0.3, -0.25) is 4.90 Å². The molecule has 2 rings (SSSR count). The SMILES string of the molecule is C=C(CNCCC)CN(Cc1ccsc1)C1CC1. The lowest BCUT2D eigenvalue weighted by Crippen LogP contribution is -2.30. The average molecular weight is 264 g/mol. The molecule has 1 heterocycles. The zero-order valence-corrected chi connectivity index (χ0v) is 12.1. The Labute approximate surface area is 115 Å². The van der Waals surface area contributed by atoms with Crippen molar-refractivity contribution in [1.82, 2.24) is 10.2 Å². The number of nitrogens with zero attached hydrogens (tertiary/aromatic N) is 1. The minimum absolute atomic E-state index is 0.799. The van der Waals surface area contributed by atoms with Gasteiger partial charge >= 0.3 is 0 Å². The van der Waals surface area contributed by atoms with Crippen LogP contribution in [-0.4, -0.2) is 30.6 Å². The van der Waals surface area contributed by atoms with Crippen molar-refractivity contribution in [3.8, 4) is 0 Å². The zero-order valence-electron chi connectivity index (χ0n) is 11.3. The molecule has 0 aromatic carbocycles. The van der Waals surface area contributed by atoms with Gasteiger partial charge in [0.25, 0.3) is 0 Å². The molecule has 1 fully saturated rings. The van der Waals surface area contributed by atoms with Crippen LogP contribution in [0.5, 0.6) is 0 Å². The van der Waals surface area contributed by atoms with E-state index in [4.69, 9.17) is 0 Å². The molecule has 0 spiro atoms. The molecule has 0 unspecified atom stereocenters. The number of rotatable bonds is 9. The first kappa shape index (κ1) is 13.8. The third-order valence-corrected chi connectivity index (χ3v) is 3.99. The summed E-state index contributed by atoms with van der Waals surface area (Å²) in [5.41, 5.74) is 2.76. The summed E-state index contributed by atoms with van der Waals surface area (Å²) >= 11 is 1.79. The van der Waals surface area contributed by atoms with Crippen LogP contribution < -0.4 is 5.32 Å². The molecule has 0 atom stereocenters. The maximum atomic E-state index is 4.20. The van der Waals surface area contributed by atoms with Crippen LogP contribution in [0, 0.1) is 0 Å². The van der Waals surface area contributed by atoms with Gasteiger partial charge in [-0.05, 0) is 53.8 Å². The average Bonchev–Trinajstić information content (AvgIpc) is 3.08. The molecule has 1 N–H and O–H groups in total.